The Kier molecular flexibility index (Phi) is 6.65. The lowest BCUT2D eigenvalue weighted by molar-refractivity contribution is -0.137. The van der Waals surface area contributed by atoms with E-state index in [2.05, 4.69) is 25.3 Å². The average Bonchev–Trinajstić information content (AvgIpc) is 2.90. The first-order chi connectivity index (χ1) is 17.4. The Balaban J connectivity index is 1.29. The number of aromatic nitrogens is 2. The summed E-state index contributed by atoms with van der Waals surface area (Å²) in [5.74, 6) is 2.26. The molecule has 0 radical (unpaired) electrons. The number of hydrogen-bond donors (Lipinski definition) is 1. The number of benzene rings is 3. The van der Waals surface area contributed by atoms with Crippen molar-refractivity contribution in [1.82, 2.24) is 15.1 Å². The van der Waals surface area contributed by atoms with Gasteiger partial charge in [-0.3, -0.25) is 4.90 Å². The number of methoxy groups -OCH3 is 1. The molecule has 4 aromatic rings. The molecule has 1 aliphatic heterocycles. The van der Waals surface area contributed by atoms with E-state index in [4.69, 9.17) is 4.74 Å². The lowest BCUT2D eigenvalue weighted by atomic mass is 10.1. The Morgan fingerprint density at radius 3 is 2.28 bits per heavy atom. The molecule has 2 heterocycles. The molecule has 1 saturated heterocycles. The van der Waals surface area contributed by atoms with Gasteiger partial charge in [-0.2, -0.15) is 13.2 Å². The molecule has 1 aromatic heterocycles. The monoisotopic (exact) mass is 493 g/mol. The van der Waals surface area contributed by atoms with Crippen molar-refractivity contribution in [1.29, 1.82) is 0 Å². The molecular weight excluding hydrogens is 467 g/mol. The molecule has 36 heavy (non-hydrogen) atoms. The average molecular weight is 494 g/mol. The van der Waals surface area contributed by atoms with Crippen molar-refractivity contribution in [2.75, 3.05) is 43.5 Å². The molecule has 1 N–H and O–H groups in total. The number of nitrogens with one attached hydrogen (secondary N) is 1. The van der Waals surface area contributed by atoms with Gasteiger partial charge < -0.3 is 15.0 Å². The minimum Gasteiger partial charge on any atom is -0.497 e. The lowest BCUT2D eigenvalue weighted by Gasteiger charge is -2.35. The Bertz CT molecular complexity index is 1340. The van der Waals surface area contributed by atoms with Gasteiger partial charge in [-0.05, 0) is 35.9 Å². The number of rotatable bonds is 6. The first-order valence-electron chi connectivity index (χ1n) is 11.7. The molecule has 5 rings (SSSR count). The highest BCUT2D eigenvalue weighted by molar-refractivity contribution is 5.99. The van der Waals surface area contributed by atoms with Crippen LogP contribution in [0.25, 0.3) is 10.8 Å². The smallest absolute Gasteiger partial charge is 0.416 e. The summed E-state index contributed by atoms with van der Waals surface area (Å²) in [6.07, 6.45) is -4.33. The van der Waals surface area contributed by atoms with Crippen LogP contribution in [-0.4, -0.2) is 48.4 Å². The van der Waals surface area contributed by atoms with E-state index in [1.165, 1.54) is 12.1 Å². The first kappa shape index (κ1) is 23.9. The maximum absolute atomic E-state index is 13.1. The summed E-state index contributed by atoms with van der Waals surface area (Å²) in [7, 11) is 1.63. The third-order valence-electron chi connectivity index (χ3n) is 6.35. The Morgan fingerprint density at radius 1 is 0.861 bits per heavy atom. The number of halogens is 3. The maximum Gasteiger partial charge on any atom is 0.416 e. The fourth-order valence-corrected chi connectivity index (χ4v) is 4.45. The minimum atomic E-state index is -4.33. The summed E-state index contributed by atoms with van der Waals surface area (Å²) < 4.78 is 44.4. The molecule has 1 aliphatic rings. The summed E-state index contributed by atoms with van der Waals surface area (Å²) in [5.41, 5.74) is 0.937. The van der Waals surface area contributed by atoms with Crippen LogP contribution in [0.1, 0.15) is 11.1 Å². The van der Waals surface area contributed by atoms with Crippen LogP contribution < -0.4 is 15.0 Å². The number of piperazine rings is 1. The highest BCUT2D eigenvalue weighted by Gasteiger charge is 2.30. The summed E-state index contributed by atoms with van der Waals surface area (Å²) in [6.45, 7) is 3.34. The van der Waals surface area contributed by atoms with Crippen molar-refractivity contribution < 1.29 is 17.9 Å². The quantitative estimate of drug-likeness (QED) is 0.371. The standard InChI is InChI=1S/C27H26F3N5O/c1-36-22-11-9-21(10-12-22)31-25-23-7-2-3-8-24(23)26(33-32-25)35-15-13-34(14-16-35)18-19-5-4-6-20(17-19)27(28,29)30/h2-12,17H,13-16,18H2,1H3,(H,31,32). The van der Waals surface area contributed by atoms with E-state index in [1.54, 1.807) is 13.2 Å². The molecule has 0 amide bonds. The second-order valence-electron chi connectivity index (χ2n) is 8.73. The highest BCUT2D eigenvalue weighted by Crippen LogP contribution is 2.32. The largest absolute Gasteiger partial charge is 0.497 e. The lowest BCUT2D eigenvalue weighted by Crippen LogP contribution is -2.46. The van der Waals surface area contributed by atoms with Gasteiger partial charge in [-0.15, -0.1) is 10.2 Å². The van der Waals surface area contributed by atoms with Crippen LogP contribution in [-0.2, 0) is 12.7 Å². The molecule has 0 aliphatic carbocycles. The van der Waals surface area contributed by atoms with Crippen LogP contribution in [0.4, 0.5) is 30.5 Å². The van der Waals surface area contributed by atoms with Gasteiger partial charge in [-0.1, -0.05) is 42.5 Å². The van der Waals surface area contributed by atoms with Crippen LogP contribution in [0, 0.1) is 0 Å². The van der Waals surface area contributed by atoms with Crippen molar-refractivity contribution >= 4 is 28.1 Å². The van der Waals surface area contributed by atoms with Crippen molar-refractivity contribution in [3.63, 3.8) is 0 Å². The Morgan fingerprint density at radius 2 is 1.58 bits per heavy atom. The fourth-order valence-electron chi connectivity index (χ4n) is 4.45. The summed E-state index contributed by atoms with van der Waals surface area (Å²) in [4.78, 5) is 4.36. The fraction of sp³-hybridized carbons (Fsp3) is 0.259. The molecular formula is C27H26F3N5O. The highest BCUT2D eigenvalue weighted by atomic mass is 19.4. The minimum absolute atomic E-state index is 0.481. The Hall–Kier alpha value is -3.85. The third-order valence-corrected chi connectivity index (χ3v) is 6.35. The van der Waals surface area contributed by atoms with Crippen LogP contribution in [0.2, 0.25) is 0 Å². The zero-order chi connectivity index (χ0) is 25.1. The van der Waals surface area contributed by atoms with E-state index in [0.29, 0.717) is 31.0 Å². The molecule has 1 fully saturated rings. The van der Waals surface area contributed by atoms with E-state index in [-0.39, 0.29) is 0 Å². The van der Waals surface area contributed by atoms with Gasteiger partial charge in [0.25, 0.3) is 0 Å². The zero-order valence-electron chi connectivity index (χ0n) is 19.8. The van der Waals surface area contributed by atoms with E-state index in [9.17, 15) is 13.2 Å². The zero-order valence-corrected chi connectivity index (χ0v) is 19.8. The number of fused-ring (bicyclic) bond motifs is 1. The number of ether oxygens (including phenoxy) is 1. The van der Waals surface area contributed by atoms with E-state index >= 15 is 0 Å². The summed E-state index contributed by atoms with van der Waals surface area (Å²) >= 11 is 0. The van der Waals surface area contributed by atoms with Crippen LogP contribution in [0.15, 0.2) is 72.8 Å². The van der Waals surface area contributed by atoms with Gasteiger partial charge in [-0.25, -0.2) is 0 Å². The normalized spacial score (nSPS) is 14.7. The van der Waals surface area contributed by atoms with Gasteiger partial charge in [0.15, 0.2) is 11.6 Å². The van der Waals surface area contributed by atoms with Crippen molar-refractivity contribution in [2.45, 2.75) is 12.7 Å². The van der Waals surface area contributed by atoms with Gasteiger partial charge >= 0.3 is 6.18 Å². The Labute approximate surface area is 207 Å². The van der Waals surface area contributed by atoms with Crippen molar-refractivity contribution in [3.05, 3.63) is 83.9 Å². The van der Waals surface area contributed by atoms with Gasteiger partial charge in [0.05, 0.1) is 12.7 Å². The second-order valence-corrected chi connectivity index (χ2v) is 8.73. The molecule has 186 valence electrons. The van der Waals surface area contributed by atoms with Gasteiger partial charge in [0.2, 0.25) is 0 Å². The van der Waals surface area contributed by atoms with Crippen molar-refractivity contribution in [2.24, 2.45) is 0 Å². The van der Waals surface area contributed by atoms with Crippen LogP contribution >= 0.6 is 0 Å². The third kappa shape index (κ3) is 5.21. The van der Waals surface area contributed by atoms with E-state index in [0.717, 1.165) is 47.2 Å². The molecule has 0 spiro atoms. The summed E-state index contributed by atoms with van der Waals surface area (Å²) in [6, 6.07) is 21.2. The maximum atomic E-state index is 13.1. The predicted octanol–water partition coefficient (Wildman–Crippen LogP) is 5.72. The first-order valence-corrected chi connectivity index (χ1v) is 11.7. The molecule has 0 saturated carbocycles. The van der Waals surface area contributed by atoms with E-state index in [1.807, 2.05) is 48.5 Å². The molecule has 0 atom stereocenters. The SMILES string of the molecule is COc1ccc(Nc2nnc(N3CCN(Cc4cccc(C(F)(F)F)c4)CC3)c3ccccc23)cc1. The molecule has 9 heteroatoms. The van der Waals surface area contributed by atoms with Gasteiger partial charge in [0, 0.05) is 49.2 Å². The topological polar surface area (TPSA) is 53.5 Å². The summed E-state index contributed by atoms with van der Waals surface area (Å²) in [5, 5.41) is 14.3. The number of nitrogens with zero attached hydrogens (tertiary/aromatic N) is 4. The van der Waals surface area contributed by atoms with Gasteiger partial charge in [0.1, 0.15) is 5.75 Å². The predicted molar refractivity (Wildman–Crippen MR) is 135 cm³/mol. The molecule has 6 nitrogen and oxygen atoms in total. The number of hydrogen-bond acceptors (Lipinski definition) is 6. The molecule has 0 unspecified atom stereocenters. The van der Waals surface area contributed by atoms with E-state index < -0.39 is 11.7 Å². The van der Waals surface area contributed by atoms with Crippen molar-refractivity contribution in [3.8, 4) is 5.75 Å². The molecule has 0 bridgehead atoms. The number of anilines is 3. The van der Waals surface area contributed by atoms with Crippen LogP contribution in [0.3, 0.4) is 0 Å². The number of alkyl halides is 3. The van der Waals surface area contributed by atoms with Crippen LogP contribution in [0.5, 0.6) is 5.75 Å². The second kappa shape index (κ2) is 10.0. The molecule has 3 aromatic carbocycles.